The zero-order valence-corrected chi connectivity index (χ0v) is 14.0. The van der Waals surface area contributed by atoms with Crippen LogP contribution in [0, 0.1) is 11.3 Å². The van der Waals surface area contributed by atoms with Crippen molar-refractivity contribution in [1.29, 1.82) is 5.26 Å². The Kier molecular flexibility index (Phi) is 11.6. The van der Waals surface area contributed by atoms with Crippen LogP contribution >= 0.6 is 24.2 Å². The first-order valence-corrected chi connectivity index (χ1v) is 8.06. The molecule has 0 bridgehead atoms. The van der Waals surface area contributed by atoms with Crippen LogP contribution in [0.1, 0.15) is 17.5 Å². The highest BCUT2D eigenvalue weighted by Crippen LogP contribution is 2.10. The van der Waals surface area contributed by atoms with Gasteiger partial charge in [-0.2, -0.15) is 17.0 Å². The third-order valence-corrected chi connectivity index (χ3v) is 4.10. The normalized spacial score (nSPS) is 11.3. The average Bonchev–Trinajstić information content (AvgIpc) is 2.50. The van der Waals surface area contributed by atoms with E-state index in [1.807, 2.05) is 24.3 Å². The largest absolute Gasteiger partial charge is 0.480 e. The molecule has 0 saturated heterocycles. The predicted octanol–water partition coefficient (Wildman–Crippen LogP) is 1.65. The Labute approximate surface area is 141 Å². The van der Waals surface area contributed by atoms with E-state index in [9.17, 15) is 4.79 Å². The Hall–Kier alpha value is -1.26. The fourth-order valence-electron chi connectivity index (χ4n) is 1.80. The molecule has 0 aliphatic rings. The van der Waals surface area contributed by atoms with Crippen LogP contribution < -0.4 is 11.1 Å². The third kappa shape index (κ3) is 8.25. The van der Waals surface area contributed by atoms with E-state index in [2.05, 4.69) is 11.4 Å². The second-order valence-corrected chi connectivity index (χ2v) is 5.77. The van der Waals surface area contributed by atoms with Gasteiger partial charge in [-0.25, -0.2) is 0 Å². The maximum absolute atomic E-state index is 11.0. The number of nitrogens with one attached hydrogen (secondary N) is 1. The molecule has 0 aromatic heterocycles. The molecule has 0 aliphatic carbocycles. The van der Waals surface area contributed by atoms with Gasteiger partial charge in [0, 0.05) is 18.8 Å². The van der Waals surface area contributed by atoms with Gasteiger partial charge in [-0.15, -0.1) is 12.4 Å². The van der Waals surface area contributed by atoms with E-state index in [1.54, 1.807) is 11.8 Å². The minimum Gasteiger partial charge on any atom is -0.480 e. The predicted molar refractivity (Wildman–Crippen MR) is 92.5 cm³/mol. The number of carbonyl (C=O) groups is 1. The Bertz CT molecular complexity index is 477. The molecule has 0 amide bonds. The molecule has 1 atom stereocenters. The number of halogens is 1. The van der Waals surface area contributed by atoms with E-state index in [0.717, 1.165) is 18.6 Å². The molecule has 4 N–H and O–H groups in total. The number of rotatable bonds is 10. The number of aryl methyl sites for hydroxylation is 1. The van der Waals surface area contributed by atoms with Crippen molar-refractivity contribution in [2.45, 2.75) is 18.9 Å². The fourth-order valence-corrected chi connectivity index (χ4v) is 2.81. The molecule has 0 saturated carbocycles. The molecule has 0 aliphatic heterocycles. The van der Waals surface area contributed by atoms with E-state index in [4.69, 9.17) is 16.1 Å². The average molecular weight is 344 g/mol. The summed E-state index contributed by atoms with van der Waals surface area (Å²) in [7, 11) is 0. The first-order chi connectivity index (χ1) is 10.2. The highest BCUT2D eigenvalue weighted by molar-refractivity contribution is 7.99. The van der Waals surface area contributed by atoms with E-state index < -0.39 is 12.0 Å². The van der Waals surface area contributed by atoms with Crippen molar-refractivity contribution in [2.24, 2.45) is 5.73 Å². The minimum atomic E-state index is -0.831. The van der Waals surface area contributed by atoms with Crippen molar-refractivity contribution in [2.75, 3.05) is 24.6 Å². The lowest BCUT2D eigenvalue weighted by Gasteiger charge is -2.13. The van der Waals surface area contributed by atoms with Crippen molar-refractivity contribution >= 4 is 30.1 Å². The molecule has 22 heavy (non-hydrogen) atoms. The fraction of sp³-hybridized carbons (Fsp3) is 0.467. The molecule has 122 valence electrons. The van der Waals surface area contributed by atoms with Crippen LogP contribution in [0.25, 0.3) is 0 Å². The van der Waals surface area contributed by atoms with Crippen LogP contribution in [-0.4, -0.2) is 41.7 Å². The lowest BCUT2D eigenvalue weighted by molar-refractivity contribution is -0.138. The van der Waals surface area contributed by atoms with Gasteiger partial charge >= 0.3 is 5.97 Å². The van der Waals surface area contributed by atoms with Crippen LogP contribution in [0.15, 0.2) is 24.3 Å². The van der Waals surface area contributed by atoms with Gasteiger partial charge in [0.25, 0.3) is 0 Å². The van der Waals surface area contributed by atoms with Gasteiger partial charge < -0.3 is 16.2 Å². The van der Waals surface area contributed by atoms with Crippen molar-refractivity contribution in [3.63, 3.8) is 0 Å². The second-order valence-electron chi connectivity index (χ2n) is 4.62. The quantitative estimate of drug-likeness (QED) is 0.559. The van der Waals surface area contributed by atoms with E-state index in [1.165, 1.54) is 5.56 Å². The summed E-state index contributed by atoms with van der Waals surface area (Å²) in [5.74, 6) is 0.625. The standard InChI is InChI=1S/C15H21N3O2S.ClH/c16-7-8-18-14(15(19)20)11-21-9-1-2-12-3-5-13(10-17)6-4-12;/h3-6,14,18H,1-2,7-9,11,16H2,(H,19,20);1H/t14-;/m1./s1. The van der Waals surface area contributed by atoms with Crippen molar-refractivity contribution < 1.29 is 9.90 Å². The second kappa shape index (κ2) is 12.3. The molecule has 0 radical (unpaired) electrons. The summed E-state index contributed by atoms with van der Waals surface area (Å²) in [5.41, 5.74) is 7.23. The zero-order valence-electron chi connectivity index (χ0n) is 12.3. The van der Waals surface area contributed by atoms with Gasteiger partial charge in [-0.05, 0) is 36.3 Å². The number of carboxylic acid groups (broad SMARTS) is 1. The zero-order chi connectivity index (χ0) is 15.5. The molecule has 0 unspecified atom stereocenters. The van der Waals surface area contributed by atoms with Gasteiger partial charge in [0.15, 0.2) is 0 Å². The Balaban J connectivity index is 0.00000441. The van der Waals surface area contributed by atoms with Gasteiger partial charge in [0.2, 0.25) is 0 Å². The first-order valence-electron chi connectivity index (χ1n) is 6.90. The van der Waals surface area contributed by atoms with Gasteiger partial charge in [-0.3, -0.25) is 4.79 Å². The van der Waals surface area contributed by atoms with Crippen molar-refractivity contribution in [3.8, 4) is 6.07 Å². The van der Waals surface area contributed by atoms with Gasteiger partial charge in [-0.1, -0.05) is 12.1 Å². The molecule has 1 rings (SSSR count). The topological polar surface area (TPSA) is 99.1 Å². The first kappa shape index (κ1) is 20.7. The van der Waals surface area contributed by atoms with Crippen molar-refractivity contribution in [3.05, 3.63) is 35.4 Å². The summed E-state index contributed by atoms with van der Waals surface area (Å²) in [6, 6.07) is 9.13. The SMILES string of the molecule is Cl.N#Cc1ccc(CCCSC[C@@H](NCCN)C(=O)O)cc1. The Morgan fingerprint density at radius 3 is 2.64 bits per heavy atom. The van der Waals surface area contributed by atoms with Crippen LogP contribution in [-0.2, 0) is 11.2 Å². The molecule has 0 fully saturated rings. The van der Waals surface area contributed by atoms with Crippen molar-refractivity contribution in [1.82, 2.24) is 5.32 Å². The van der Waals surface area contributed by atoms with E-state index >= 15 is 0 Å². The summed E-state index contributed by atoms with van der Waals surface area (Å²) >= 11 is 1.63. The van der Waals surface area contributed by atoms with E-state index in [-0.39, 0.29) is 12.4 Å². The number of thioether (sulfide) groups is 1. The number of aliphatic carboxylic acids is 1. The molecular weight excluding hydrogens is 322 g/mol. The summed E-state index contributed by atoms with van der Waals surface area (Å²) in [5, 5.41) is 20.7. The number of benzene rings is 1. The van der Waals surface area contributed by atoms with Crippen LogP contribution in [0.4, 0.5) is 0 Å². The smallest absolute Gasteiger partial charge is 0.321 e. The number of nitriles is 1. The van der Waals surface area contributed by atoms with Gasteiger partial charge in [0.05, 0.1) is 11.6 Å². The van der Waals surface area contributed by atoms with E-state index in [0.29, 0.717) is 24.4 Å². The molecule has 5 nitrogen and oxygen atoms in total. The Morgan fingerprint density at radius 2 is 2.09 bits per heavy atom. The highest BCUT2D eigenvalue weighted by Gasteiger charge is 2.15. The van der Waals surface area contributed by atoms with Gasteiger partial charge in [0.1, 0.15) is 6.04 Å². The van der Waals surface area contributed by atoms with Crippen LogP contribution in [0.3, 0.4) is 0 Å². The Morgan fingerprint density at radius 1 is 1.41 bits per heavy atom. The molecule has 1 aromatic carbocycles. The molecule has 0 heterocycles. The number of hydrogen-bond acceptors (Lipinski definition) is 5. The molecule has 0 spiro atoms. The number of nitrogens with two attached hydrogens (primary N) is 1. The number of hydrogen-bond donors (Lipinski definition) is 3. The highest BCUT2D eigenvalue weighted by atomic mass is 35.5. The minimum absolute atomic E-state index is 0. The molecule has 7 heteroatoms. The monoisotopic (exact) mass is 343 g/mol. The van der Waals surface area contributed by atoms with Crippen LogP contribution in [0.5, 0.6) is 0 Å². The summed E-state index contributed by atoms with van der Waals surface area (Å²) < 4.78 is 0. The number of nitrogens with zero attached hydrogens (tertiary/aromatic N) is 1. The maximum Gasteiger partial charge on any atom is 0.321 e. The molecular formula is C15H22ClN3O2S. The summed E-state index contributed by atoms with van der Waals surface area (Å²) in [6.07, 6.45) is 1.92. The lowest BCUT2D eigenvalue weighted by atomic mass is 10.1. The van der Waals surface area contributed by atoms with Crippen LogP contribution in [0.2, 0.25) is 0 Å². The molecule has 1 aromatic rings. The summed E-state index contributed by atoms with van der Waals surface area (Å²) in [4.78, 5) is 11.0. The number of carboxylic acids is 1. The lowest BCUT2D eigenvalue weighted by Crippen LogP contribution is -2.41. The summed E-state index contributed by atoms with van der Waals surface area (Å²) in [6.45, 7) is 0.954. The maximum atomic E-state index is 11.0. The third-order valence-electron chi connectivity index (χ3n) is 2.95.